The topological polar surface area (TPSA) is 72.0 Å². The average molecular weight is 333 g/mol. The van der Waals surface area contributed by atoms with E-state index in [1.54, 1.807) is 16.8 Å². The molecule has 0 radical (unpaired) electrons. The number of carbonyl (C=O) groups excluding carboxylic acids is 2. The predicted molar refractivity (Wildman–Crippen MR) is 86.9 cm³/mol. The molecule has 0 aromatic carbocycles. The highest BCUT2D eigenvalue weighted by atomic mass is 16.6. The summed E-state index contributed by atoms with van der Waals surface area (Å²) in [5, 5.41) is 0. The second kappa shape index (κ2) is 6.30. The van der Waals surface area contributed by atoms with Crippen LogP contribution in [0.1, 0.15) is 24.7 Å². The summed E-state index contributed by atoms with van der Waals surface area (Å²) >= 11 is 0. The number of amides is 2. The van der Waals surface area contributed by atoms with Crippen molar-refractivity contribution < 1.29 is 19.1 Å². The summed E-state index contributed by atoms with van der Waals surface area (Å²) < 4.78 is 11.1. The number of carbonyl (C=O) groups is 2. The van der Waals surface area contributed by atoms with Crippen LogP contribution in [0.4, 0.5) is 4.79 Å². The first kappa shape index (κ1) is 16.5. The monoisotopic (exact) mass is 333 g/mol. The van der Waals surface area contributed by atoms with E-state index in [9.17, 15) is 9.59 Å². The predicted octanol–water partition coefficient (Wildman–Crippen LogP) is 1.38. The summed E-state index contributed by atoms with van der Waals surface area (Å²) in [4.78, 5) is 31.7. The van der Waals surface area contributed by atoms with E-state index >= 15 is 0 Å². The Balaban J connectivity index is 1.58. The van der Waals surface area contributed by atoms with Crippen molar-refractivity contribution in [2.24, 2.45) is 0 Å². The minimum Gasteiger partial charge on any atom is -0.482 e. The van der Waals surface area contributed by atoms with Gasteiger partial charge in [0.2, 0.25) is 0 Å². The fourth-order valence-corrected chi connectivity index (χ4v) is 3.28. The van der Waals surface area contributed by atoms with Gasteiger partial charge in [-0.15, -0.1) is 0 Å². The van der Waals surface area contributed by atoms with Crippen LogP contribution in [0, 0.1) is 6.92 Å². The van der Waals surface area contributed by atoms with E-state index in [1.165, 1.54) is 0 Å². The Morgan fingerprint density at radius 3 is 2.88 bits per heavy atom. The Bertz CT molecular complexity index is 663. The Morgan fingerprint density at radius 1 is 1.42 bits per heavy atom. The first-order valence-corrected chi connectivity index (χ1v) is 8.24. The molecule has 7 nitrogen and oxygen atoms in total. The quantitative estimate of drug-likeness (QED) is 0.832. The molecule has 7 heteroatoms. The van der Waals surface area contributed by atoms with Gasteiger partial charge in [0, 0.05) is 25.7 Å². The largest absolute Gasteiger partial charge is 0.482 e. The standard InChI is InChI=1S/C17H23N3O4/c1-4-13-14(6-5-12(2)18-13)23-9-15(21)20-8-7-17(11-20)10-19(3)16(22)24-17/h5-6H,4,7-11H2,1-3H3/t17-/m1/s1. The lowest BCUT2D eigenvalue weighted by Gasteiger charge is -2.22. The molecule has 2 fully saturated rings. The third-order valence-electron chi connectivity index (χ3n) is 4.57. The van der Waals surface area contributed by atoms with Gasteiger partial charge in [0.25, 0.3) is 5.91 Å². The Morgan fingerprint density at radius 2 is 2.21 bits per heavy atom. The van der Waals surface area contributed by atoms with Gasteiger partial charge in [0.05, 0.1) is 18.8 Å². The van der Waals surface area contributed by atoms with E-state index in [4.69, 9.17) is 9.47 Å². The molecule has 0 aliphatic carbocycles. The molecule has 2 amide bonds. The minimum absolute atomic E-state index is 0.0302. The van der Waals surface area contributed by atoms with Gasteiger partial charge in [0.15, 0.2) is 12.2 Å². The van der Waals surface area contributed by atoms with Gasteiger partial charge < -0.3 is 19.3 Å². The van der Waals surface area contributed by atoms with Crippen molar-refractivity contribution in [1.82, 2.24) is 14.8 Å². The molecule has 0 saturated carbocycles. The molecular formula is C17H23N3O4. The second-order valence-corrected chi connectivity index (χ2v) is 6.51. The van der Waals surface area contributed by atoms with Crippen LogP contribution in [-0.4, -0.2) is 65.7 Å². The SMILES string of the molecule is CCc1nc(C)ccc1OCC(=O)N1CC[C@@]2(CN(C)C(=O)O2)C1. The van der Waals surface area contributed by atoms with Gasteiger partial charge in [-0.1, -0.05) is 6.92 Å². The van der Waals surface area contributed by atoms with Crippen molar-refractivity contribution in [1.29, 1.82) is 0 Å². The van der Waals surface area contributed by atoms with E-state index < -0.39 is 5.60 Å². The van der Waals surface area contributed by atoms with Gasteiger partial charge in [-0.3, -0.25) is 9.78 Å². The lowest BCUT2D eigenvalue weighted by Crippen LogP contribution is -2.40. The number of hydrogen-bond acceptors (Lipinski definition) is 5. The summed E-state index contributed by atoms with van der Waals surface area (Å²) in [5.41, 5.74) is 1.23. The highest BCUT2D eigenvalue weighted by Crippen LogP contribution is 2.31. The summed E-state index contributed by atoms with van der Waals surface area (Å²) in [5.74, 6) is 0.553. The molecule has 3 heterocycles. The zero-order chi connectivity index (χ0) is 17.3. The molecule has 2 saturated heterocycles. The molecule has 1 aromatic rings. The third-order valence-corrected chi connectivity index (χ3v) is 4.57. The molecule has 0 bridgehead atoms. The number of likely N-dealkylation sites (tertiary alicyclic amines) is 1. The first-order chi connectivity index (χ1) is 11.4. The maximum absolute atomic E-state index is 12.4. The lowest BCUT2D eigenvalue weighted by atomic mass is 10.0. The van der Waals surface area contributed by atoms with Crippen molar-refractivity contribution in [2.75, 3.05) is 33.3 Å². The third kappa shape index (κ3) is 3.16. The van der Waals surface area contributed by atoms with Gasteiger partial charge in [-0.05, 0) is 25.5 Å². The maximum Gasteiger partial charge on any atom is 0.410 e. The highest BCUT2D eigenvalue weighted by molar-refractivity contribution is 5.78. The number of pyridine rings is 1. The van der Waals surface area contributed by atoms with Crippen LogP contribution >= 0.6 is 0 Å². The molecule has 1 spiro atoms. The molecule has 24 heavy (non-hydrogen) atoms. The summed E-state index contributed by atoms with van der Waals surface area (Å²) in [7, 11) is 1.71. The fourth-order valence-electron chi connectivity index (χ4n) is 3.28. The summed E-state index contributed by atoms with van der Waals surface area (Å²) in [6.07, 6.45) is 1.10. The van der Waals surface area contributed by atoms with Crippen molar-refractivity contribution >= 4 is 12.0 Å². The molecule has 130 valence electrons. The van der Waals surface area contributed by atoms with E-state index in [0.29, 0.717) is 31.8 Å². The van der Waals surface area contributed by atoms with Crippen LogP contribution < -0.4 is 4.74 Å². The summed E-state index contributed by atoms with van der Waals surface area (Å²) in [6.45, 7) is 5.44. The Hall–Kier alpha value is -2.31. The normalized spacial score (nSPS) is 23.0. The molecule has 1 atom stereocenters. The van der Waals surface area contributed by atoms with Crippen molar-refractivity contribution in [3.05, 3.63) is 23.5 Å². The summed E-state index contributed by atoms with van der Waals surface area (Å²) in [6, 6.07) is 3.73. The Kier molecular flexibility index (Phi) is 4.34. The van der Waals surface area contributed by atoms with E-state index in [2.05, 4.69) is 4.98 Å². The van der Waals surface area contributed by atoms with Crippen LogP contribution in [0.5, 0.6) is 5.75 Å². The van der Waals surface area contributed by atoms with Crippen molar-refractivity contribution in [2.45, 2.75) is 32.3 Å². The van der Waals surface area contributed by atoms with Crippen LogP contribution in [0.3, 0.4) is 0 Å². The van der Waals surface area contributed by atoms with Crippen LogP contribution in [0.2, 0.25) is 0 Å². The molecule has 0 N–H and O–H groups in total. The smallest absolute Gasteiger partial charge is 0.410 e. The van der Waals surface area contributed by atoms with E-state index in [1.807, 2.05) is 26.0 Å². The molecule has 2 aliphatic rings. The van der Waals surface area contributed by atoms with Crippen LogP contribution in [-0.2, 0) is 16.0 Å². The zero-order valence-electron chi connectivity index (χ0n) is 14.4. The molecule has 1 aromatic heterocycles. The number of rotatable bonds is 4. The molecule has 2 aliphatic heterocycles. The van der Waals surface area contributed by atoms with Gasteiger partial charge in [0.1, 0.15) is 5.75 Å². The van der Waals surface area contributed by atoms with Gasteiger partial charge in [-0.2, -0.15) is 0 Å². The van der Waals surface area contributed by atoms with E-state index in [0.717, 1.165) is 17.8 Å². The number of likely N-dealkylation sites (N-methyl/N-ethyl adjacent to an activating group) is 1. The van der Waals surface area contributed by atoms with Crippen molar-refractivity contribution in [3.63, 3.8) is 0 Å². The van der Waals surface area contributed by atoms with Gasteiger partial charge >= 0.3 is 6.09 Å². The van der Waals surface area contributed by atoms with Crippen molar-refractivity contribution in [3.8, 4) is 5.75 Å². The molecule has 3 rings (SSSR count). The number of aromatic nitrogens is 1. The first-order valence-electron chi connectivity index (χ1n) is 8.24. The van der Waals surface area contributed by atoms with Gasteiger partial charge in [-0.25, -0.2) is 4.79 Å². The average Bonchev–Trinajstić information content (AvgIpc) is 3.08. The number of ether oxygens (including phenoxy) is 2. The molecule has 0 unspecified atom stereocenters. The Labute approximate surface area is 141 Å². The minimum atomic E-state index is -0.554. The highest BCUT2D eigenvalue weighted by Gasteiger charge is 2.49. The molecular weight excluding hydrogens is 310 g/mol. The van der Waals surface area contributed by atoms with Crippen LogP contribution in [0.15, 0.2) is 12.1 Å². The number of hydrogen-bond donors (Lipinski definition) is 0. The second-order valence-electron chi connectivity index (χ2n) is 6.51. The van der Waals surface area contributed by atoms with E-state index in [-0.39, 0.29) is 18.6 Å². The fraction of sp³-hybridized carbons (Fsp3) is 0.588. The lowest BCUT2D eigenvalue weighted by molar-refractivity contribution is -0.133. The number of nitrogens with zero attached hydrogens (tertiary/aromatic N) is 3. The zero-order valence-corrected chi connectivity index (χ0v) is 14.4. The van der Waals surface area contributed by atoms with Crippen LogP contribution in [0.25, 0.3) is 0 Å². The number of aryl methyl sites for hydroxylation is 2. The maximum atomic E-state index is 12.4.